The highest BCUT2D eigenvalue weighted by molar-refractivity contribution is 5.74. The first kappa shape index (κ1) is 13.6. The Morgan fingerprint density at radius 2 is 2.11 bits per heavy atom. The Morgan fingerprint density at radius 3 is 2.74 bits per heavy atom. The van der Waals surface area contributed by atoms with Crippen LogP contribution in [-0.4, -0.2) is 48.5 Å². The smallest absolute Gasteiger partial charge is 0.320 e. The van der Waals surface area contributed by atoms with Gasteiger partial charge >= 0.3 is 5.97 Å². The van der Waals surface area contributed by atoms with E-state index in [0.717, 1.165) is 18.8 Å². The fourth-order valence-corrected chi connectivity index (χ4v) is 2.08. The number of anilines is 1. The van der Waals surface area contributed by atoms with Crippen LogP contribution in [-0.2, 0) is 16.0 Å². The van der Waals surface area contributed by atoms with Gasteiger partial charge in [0.1, 0.15) is 11.8 Å². The van der Waals surface area contributed by atoms with E-state index in [1.807, 2.05) is 6.07 Å². The molecule has 0 aliphatic carbocycles. The maximum absolute atomic E-state index is 10.8. The number of nitrogens with zero attached hydrogens (tertiary/aromatic N) is 1. The Kier molecular flexibility index (Phi) is 4.24. The zero-order valence-corrected chi connectivity index (χ0v) is 10.6. The number of carboxylic acids is 1. The molecule has 1 saturated heterocycles. The highest BCUT2D eigenvalue weighted by Gasteiger charge is 2.17. The van der Waals surface area contributed by atoms with Gasteiger partial charge in [-0.25, -0.2) is 0 Å². The zero-order valence-electron chi connectivity index (χ0n) is 10.6. The number of nitrogens with two attached hydrogens (primary N) is 1. The van der Waals surface area contributed by atoms with E-state index >= 15 is 0 Å². The van der Waals surface area contributed by atoms with Crippen molar-refractivity contribution >= 4 is 11.7 Å². The van der Waals surface area contributed by atoms with E-state index in [1.54, 1.807) is 12.1 Å². The van der Waals surface area contributed by atoms with Gasteiger partial charge in [0.25, 0.3) is 0 Å². The minimum absolute atomic E-state index is 0.0775. The van der Waals surface area contributed by atoms with E-state index < -0.39 is 12.0 Å². The number of ether oxygens (including phenoxy) is 1. The standard InChI is InChI=1S/C13H18N2O4/c14-11(13(17)18)8-9-7-10(1-2-12(9)16)15-3-5-19-6-4-15/h1-2,7,11,16H,3-6,8,14H2,(H,17,18). The van der Waals surface area contributed by atoms with E-state index in [4.69, 9.17) is 15.6 Å². The summed E-state index contributed by atoms with van der Waals surface area (Å²) in [6.07, 6.45) is 0.110. The molecule has 0 amide bonds. The number of carboxylic acid groups (broad SMARTS) is 1. The summed E-state index contributed by atoms with van der Waals surface area (Å²) in [5.41, 5.74) is 7.01. The maximum Gasteiger partial charge on any atom is 0.320 e. The van der Waals surface area contributed by atoms with Crippen LogP contribution in [0.5, 0.6) is 5.75 Å². The normalized spacial score (nSPS) is 17.2. The minimum atomic E-state index is -1.07. The molecule has 0 spiro atoms. The number of phenolic OH excluding ortho intramolecular Hbond substituents is 1. The lowest BCUT2D eigenvalue weighted by molar-refractivity contribution is -0.138. The number of carbonyl (C=O) groups is 1. The summed E-state index contributed by atoms with van der Waals surface area (Å²) in [4.78, 5) is 12.9. The molecule has 1 atom stereocenters. The van der Waals surface area contributed by atoms with Crippen molar-refractivity contribution in [3.8, 4) is 5.75 Å². The van der Waals surface area contributed by atoms with Gasteiger partial charge in [0.15, 0.2) is 0 Å². The number of rotatable bonds is 4. The molecule has 1 unspecified atom stereocenters. The number of hydrogen-bond acceptors (Lipinski definition) is 5. The number of aromatic hydroxyl groups is 1. The lowest BCUT2D eigenvalue weighted by Gasteiger charge is -2.29. The molecule has 1 aromatic carbocycles. The molecule has 104 valence electrons. The fraction of sp³-hybridized carbons (Fsp3) is 0.462. The third-order valence-electron chi connectivity index (χ3n) is 3.20. The van der Waals surface area contributed by atoms with Crippen molar-refractivity contribution in [2.24, 2.45) is 5.73 Å². The van der Waals surface area contributed by atoms with Crippen molar-refractivity contribution in [3.63, 3.8) is 0 Å². The fourth-order valence-electron chi connectivity index (χ4n) is 2.08. The summed E-state index contributed by atoms with van der Waals surface area (Å²) in [6, 6.07) is 4.18. The van der Waals surface area contributed by atoms with E-state index in [2.05, 4.69) is 4.90 Å². The van der Waals surface area contributed by atoms with Gasteiger partial charge in [-0.05, 0) is 23.8 Å². The molecule has 0 aromatic heterocycles. The van der Waals surface area contributed by atoms with Crippen LogP contribution in [0.15, 0.2) is 18.2 Å². The SMILES string of the molecule is NC(Cc1cc(N2CCOCC2)ccc1O)C(=O)O. The number of morpholine rings is 1. The Balaban J connectivity index is 2.16. The van der Waals surface area contributed by atoms with Gasteiger partial charge in [0.2, 0.25) is 0 Å². The monoisotopic (exact) mass is 266 g/mol. The van der Waals surface area contributed by atoms with Gasteiger partial charge in [0.05, 0.1) is 13.2 Å². The van der Waals surface area contributed by atoms with Gasteiger partial charge < -0.3 is 25.6 Å². The molecule has 1 fully saturated rings. The lowest BCUT2D eigenvalue weighted by atomic mass is 10.0. The molecular formula is C13H18N2O4. The van der Waals surface area contributed by atoms with Crippen LogP contribution in [0, 0.1) is 0 Å². The Hall–Kier alpha value is -1.79. The van der Waals surface area contributed by atoms with Crippen LogP contribution in [0.25, 0.3) is 0 Å². The Labute approximate surface area is 111 Å². The lowest BCUT2D eigenvalue weighted by Crippen LogP contribution is -2.36. The van der Waals surface area contributed by atoms with Crippen LogP contribution >= 0.6 is 0 Å². The Bertz CT molecular complexity index is 458. The summed E-state index contributed by atoms with van der Waals surface area (Å²) < 4.78 is 5.28. The van der Waals surface area contributed by atoms with Gasteiger partial charge in [-0.3, -0.25) is 4.79 Å². The molecule has 0 radical (unpaired) electrons. The average molecular weight is 266 g/mol. The highest BCUT2D eigenvalue weighted by atomic mass is 16.5. The van der Waals surface area contributed by atoms with E-state index in [-0.39, 0.29) is 12.2 Å². The molecule has 1 aromatic rings. The van der Waals surface area contributed by atoms with Gasteiger partial charge in [0, 0.05) is 25.2 Å². The first-order valence-corrected chi connectivity index (χ1v) is 6.21. The molecule has 1 aliphatic heterocycles. The molecular weight excluding hydrogens is 248 g/mol. The van der Waals surface area contributed by atoms with Crippen molar-refractivity contribution < 1.29 is 19.7 Å². The highest BCUT2D eigenvalue weighted by Crippen LogP contribution is 2.25. The quantitative estimate of drug-likeness (QED) is 0.719. The molecule has 6 heteroatoms. The third kappa shape index (κ3) is 3.36. The number of benzene rings is 1. The number of aliphatic carboxylic acids is 1. The molecule has 4 N–H and O–H groups in total. The third-order valence-corrected chi connectivity index (χ3v) is 3.20. The predicted octanol–water partition coefficient (Wildman–Crippen LogP) is 0.183. The van der Waals surface area contributed by atoms with Gasteiger partial charge in [-0.2, -0.15) is 0 Å². The molecule has 2 rings (SSSR count). The second-order valence-corrected chi connectivity index (χ2v) is 4.56. The maximum atomic E-state index is 10.8. The van der Waals surface area contributed by atoms with E-state index in [9.17, 15) is 9.90 Å². The zero-order chi connectivity index (χ0) is 13.8. The Morgan fingerprint density at radius 1 is 1.42 bits per heavy atom. The molecule has 6 nitrogen and oxygen atoms in total. The molecule has 19 heavy (non-hydrogen) atoms. The largest absolute Gasteiger partial charge is 0.508 e. The molecule has 0 bridgehead atoms. The van der Waals surface area contributed by atoms with Crippen LogP contribution in [0.1, 0.15) is 5.56 Å². The second kappa shape index (κ2) is 5.90. The number of phenols is 1. The first-order valence-electron chi connectivity index (χ1n) is 6.21. The van der Waals surface area contributed by atoms with Crippen molar-refractivity contribution in [1.82, 2.24) is 0 Å². The summed E-state index contributed by atoms with van der Waals surface area (Å²) >= 11 is 0. The van der Waals surface area contributed by atoms with Crippen LogP contribution in [0.4, 0.5) is 5.69 Å². The van der Waals surface area contributed by atoms with Crippen molar-refractivity contribution in [2.45, 2.75) is 12.5 Å². The molecule has 1 aliphatic rings. The molecule has 1 heterocycles. The topological polar surface area (TPSA) is 96.0 Å². The van der Waals surface area contributed by atoms with E-state index in [1.165, 1.54) is 0 Å². The van der Waals surface area contributed by atoms with Crippen LogP contribution in [0.2, 0.25) is 0 Å². The van der Waals surface area contributed by atoms with Crippen molar-refractivity contribution in [1.29, 1.82) is 0 Å². The summed E-state index contributed by atoms with van der Waals surface area (Å²) in [7, 11) is 0. The average Bonchev–Trinajstić information content (AvgIpc) is 2.42. The van der Waals surface area contributed by atoms with Gasteiger partial charge in [-0.15, -0.1) is 0 Å². The van der Waals surface area contributed by atoms with Gasteiger partial charge in [-0.1, -0.05) is 0 Å². The molecule has 0 saturated carbocycles. The second-order valence-electron chi connectivity index (χ2n) is 4.56. The number of hydrogen-bond donors (Lipinski definition) is 3. The summed E-state index contributed by atoms with van der Waals surface area (Å²) in [5, 5.41) is 18.6. The predicted molar refractivity (Wildman–Crippen MR) is 70.5 cm³/mol. The minimum Gasteiger partial charge on any atom is -0.508 e. The van der Waals surface area contributed by atoms with Crippen molar-refractivity contribution in [3.05, 3.63) is 23.8 Å². The van der Waals surface area contributed by atoms with E-state index in [0.29, 0.717) is 18.8 Å². The summed E-state index contributed by atoms with van der Waals surface area (Å²) in [6.45, 7) is 2.92. The summed E-state index contributed by atoms with van der Waals surface area (Å²) in [5.74, 6) is -0.995. The van der Waals surface area contributed by atoms with Crippen molar-refractivity contribution in [2.75, 3.05) is 31.2 Å². The van der Waals surface area contributed by atoms with Crippen LogP contribution in [0.3, 0.4) is 0 Å². The van der Waals surface area contributed by atoms with Crippen LogP contribution < -0.4 is 10.6 Å². The first-order chi connectivity index (χ1) is 9.08.